The molecule has 0 unspecified atom stereocenters. The molecule has 2 rings (SSSR count). The summed E-state index contributed by atoms with van der Waals surface area (Å²) in [6, 6.07) is 0. The fourth-order valence-corrected chi connectivity index (χ4v) is 2.59. The molecule has 1 aliphatic carbocycles. The minimum Gasteiger partial charge on any atom is -0.389 e. The van der Waals surface area contributed by atoms with Gasteiger partial charge in [-0.2, -0.15) is 0 Å². The second kappa shape index (κ2) is 3.72. The van der Waals surface area contributed by atoms with E-state index < -0.39 is 0 Å². The van der Waals surface area contributed by atoms with Crippen LogP contribution in [0.2, 0.25) is 0 Å². The maximum Gasteiger partial charge on any atom is 0.143 e. The van der Waals surface area contributed by atoms with Crippen molar-refractivity contribution in [1.29, 1.82) is 0 Å². The number of rotatable bonds is 3. The number of aromatic nitrogens is 2. The average Bonchev–Trinajstić information content (AvgIpc) is 2.51. The summed E-state index contributed by atoms with van der Waals surface area (Å²) in [5.74, 6) is 1.52. The fourth-order valence-electron chi connectivity index (χ4n) is 1.77. The Hall–Kier alpha value is -0.480. The van der Waals surface area contributed by atoms with E-state index >= 15 is 0 Å². The van der Waals surface area contributed by atoms with E-state index in [9.17, 15) is 0 Å². The Bertz CT molecular complexity index is 281. The van der Waals surface area contributed by atoms with E-state index in [-0.39, 0.29) is 6.61 Å². The van der Waals surface area contributed by atoms with E-state index in [4.69, 9.17) is 5.11 Å². The predicted octanol–water partition coefficient (Wildman–Crippen LogP) is 1.93. The molecule has 4 heteroatoms. The van der Waals surface area contributed by atoms with Crippen molar-refractivity contribution >= 4 is 11.3 Å². The summed E-state index contributed by atoms with van der Waals surface area (Å²) in [5.41, 5.74) is 0. The van der Waals surface area contributed by atoms with Crippen LogP contribution in [0.4, 0.5) is 0 Å². The van der Waals surface area contributed by atoms with Crippen molar-refractivity contribution in [3.05, 3.63) is 10.0 Å². The molecule has 0 aromatic carbocycles. The summed E-state index contributed by atoms with van der Waals surface area (Å²) in [7, 11) is 0. The Morgan fingerprint density at radius 3 is 2.77 bits per heavy atom. The summed E-state index contributed by atoms with van der Waals surface area (Å²) < 4.78 is 0. The standard InChI is InChI=1S/C9H14N2OS/c1-2-6-3-7(4-6)9-11-10-8(5-12)13-9/h6-7,12H,2-5H2,1H3. The largest absolute Gasteiger partial charge is 0.389 e. The van der Waals surface area contributed by atoms with E-state index in [0.717, 1.165) is 15.9 Å². The van der Waals surface area contributed by atoms with Gasteiger partial charge in [-0.1, -0.05) is 24.7 Å². The highest BCUT2D eigenvalue weighted by atomic mass is 32.1. The van der Waals surface area contributed by atoms with Crippen molar-refractivity contribution in [3.63, 3.8) is 0 Å². The predicted molar refractivity (Wildman–Crippen MR) is 51.6 cm³/mol. The van der Waals surface area contributed by atoms with E-state index in [2.05, 4.69) is 17.1 Å². The molecule has 1 aromatic heterocycles. The molecule has 0 spiro atoms. The molecule has 0 radical (unpaired) electrons. The van der Waals surface area contributed by atoms with Crippen LogP contribution in [-0.2, 0) is 6.61 Å². The maximum absolute atomic E-state index is 8.83. The van der Waals surface area contributed by atoms with E-state index in [1.807, 2.05) is 0 Å². The van der Waals surface area contributed by atoms with Crippen molar-refractivity contribution in [2.45, 2.75) is 38.7 Å². The summed E-state index contributed by atoms with van der Waals surface area (Å²) in [5, 5.41) is 18.7. The molecular formula is C9H14N2OS. The zero-order valence-electron chi connectivity index (χ0n) is 7.73. The van der Waals surface area contributed by atoms with Crippen LogP contribution in [0.5, 0.6) is 0 Å². The van der Waals surface area contributed by atoms with Crippen LogP contribution in [0.25, 0.3) is 0 Å². The Labute approximate surface area is 81.8 Å². The zero-order valence-corrected chi connectivity index (χ0v) is 8.55. The summed E-state index contributed by atoms with van der Waals surface area (Å²) in [4.78, 5) is 0. The minimum atomic E-state index is 0.0294. The van der Waals surface area contributed by atoms with Gasteiger partial charge in [0.05, 0.1) is 6.61 Å². The number of hydrogen-bond donors (Lipinski definition) is 1. The quantitative estimate of drug-likeness (QED) is 0.807. The molecule has 1 aliphatic rings. The Morgan fingerprint density at radius 1 is 1.46 bits per heavy atom. The topological polar surface area (TPSA) is 46.0 Å². The van der Waals surface area contributed by atoms with Gasteiger partial charge in [0.15, 0.2) is 0 Å². The highest BCUT2D eigenvalue weighted by Gasteiger charge is 2.31. The highest BCUT2D eigenvalue weighted by molar-refractivity contribution is 7.11. The van der Waals surface area contributed by atoms with E-state index in [1.54, 1.807) is 11.3 Å². The van der Waals surface area contributed by atoms with Crippen LogP contribution in [0.15, 0.2) is 0 Å². The van der Waals surface area contributed by atoms with Gasteiger partial charge < -0.3 is 5.11 Å². The molecule has 13 heavy (non-hydrogen) atoms. The van der Waals surface area contributed by atoms with Gasteiger partial charge in [-0.25, -0.2) is 0 Å². The molecule has 3 nitrogen and oxygen atoms in total. The first-order chi connectivity index (χ1) is 6.33. The normalized spacial score (nSPS) is 27.2. The molecule has 72 valence electrons. The van der Waals surface area contributed by atoms with Gasteiger partial charge in [0.25, 0.3) is 0 Å². The number of nitrogens with zero attached hydrogens (tertiary/aromatic N) is 2. The lowest BCUT2D eigenvalue weighted by Gasteiger charge is -2.32. The fraction of sp³-hybridized carbons (Fsp3) is 0.778. The monoisotopic (exact) mass is 198 g/mol. The van der Waals surface area contributed by atoms with Gasteiger partial charge in [-0.05, 0) is 18.8 Å². The van der Waals surface area contributed by atoms with Gasteiger partial charge in [-0.15, -0.1) is 10.2 Å². The minimum absolute atomic E-state index is 0.0294. The molecule has 0 saturated heterocycles. The molecule has 1 aromatic rings. The lowest BCUT2D eigenvalue weighted by Crippen LogP contribution is -2.20. The third kappa shape index (κ3) is 1.74. The van der Waals surface area contributed by atoms with Gasteiger partial charge in [0, 0.05) is 5.92 Å². The Morgan fingerprint density at radius 2 is 2.23 bits per heavy atom. The molecule has 1 heterocycles. The Balaban J connectivity index is 1.95. The molecule has 1 saturated carbocycles. The lowest BCUT2D eigenvalue weighted by atomic mass is 9.74. The summed E-state index contributed by atoms with van der Waals surface area (Å²) in [6.45, 7) is 2.27. The molecule has 0 bridgehead atoms. The van der Waals surface area contributed by atoms with Crippen molar-refractivity contribution in [2.75, 3.05) is 0 Å². The second-order valence-electron chi connectivity index (χ2n) is 3.63. The zero-order chi connectivity index (χ0) is 9.26. The van der Waals surface area contributed by atoms with Gasteiger partial charge >= 0.3 is 0 Å². The van der Waals surface area contributed by atoms with Gasteiger partial charge in [0.1, 0.15) is 10.0 Å². The molecule has 1 N–H and O–H groups in total. The van der Waals surface area contributed by atoms with Crippen molar-refractivity contribution in [1.82, 2.24) is 10.2 Å². The summed E-state index contributed by atoms with van der Waals surface area (Å²) in [6.07, 6.45) is 3.80. The number of aliphatic hydroxyl groups excluding tert-OH is 1. The van der Waals surface area contributed by atoms with E-state index in [0.29, 0.717) is 5.92 Å². The van der Waals surface area contributed by atoms with Crippen LogP contribution >= 0.6 is 11.3 Å². The average molecular weight is 198 g/mol. The van der Waals surface area contributed by atoms with Crippen LogP contribution in [-0.4, -0.2) is 15.3 Å². The number of aliphatic hydroxyl groups is 1. The first-order valence-corrected chi connectivity index (χ1v) is 5.58. The molecular weight excluding hydrogens is 184 g/mol. The van der Waals surface area contributed by atoms with Crippen LogP contribution in [0.3, 0.4) is 0 Å². The first-order valence-electron chi connectivity index (χ1n) is 4.76. The smallest absolute Gasteiger partial charge is 0.143 e. The molecule has 1 fully saturated rings. The van der Waals surface area contributed by atoms with Crippen molar-refractivity contribution in [3.8, 4) is 0 Å². The van der Waals surface area contributed by atoms with Crippen molar-refractivity contribution in [2.24, 2.45) is 5.92 Å². The van der Waals surface area contributed by atoms with Crippen molar-refractivity contribution < 1.29 is 5.11 Å². The third-order valence-corrected chi connectivity index (χ3v) is 3.85. The van der Waals surface area contributed by atoms with E-state index in [1.165, 1.54) is 19.3 Å². The van der Waals surface area contributed by atoms with Crippen LogP contribution in [0, 0.1) is 5.92 Å². The first kappa shape index (κ1) is 9.09. The second-order valence-corrected chi connectivity index (χ2v) is 4.73. The lowest BCUT2D eigenvalue weighted by molar-refractivity contribution is 0.255. The third-order valence-electron chi connectivity index (χ3n) is 2.78. The number of hydrogen-bond acceptors (Lipinski definition) is 4. The summed E-state index contributed by atoms with van der Waals surface area (Å²) >= 11 is 1.56. The molecule has 0 amide bonds. The van der Waals surface area contributed by atoms with Gasteiger partial charge in [0.2, 0.25) is 0 Å². The van der Waals surface area contributed by atoms with Gasteiger partial charge in [-0.3, -0.25) is 0 Å². The molecule has 0 aliphatic heterocycles. The maximum atomic E-state index is 8.83. The highest BCUT2D eigenvalue weighted by Crippen LogP contribution is 2.43. The molecule has 0 atom stereocenters. The Kier molecular flexibility index (Phi) is 2.60. The van der Waals surface area contributed by atoms with Crippen LogP contribution in [0.1, 0.15) is 42.1 Å². The van der Waals surface area contributed by atoms with Crippen LogP contribution < -0.4 is 0 Å². The SMILES string of the molecule is CCC1CC(c2nnc(CO)s2)C1.